The van der Waals surface area contributed by atoms with E-state index in [0.29, 0.717) is 13.2 Å². The fourth-order valence-electron chi connectivity index (χ4n) is 4.15. The number of hydrogen-bond acceptors (Lipinski definition) is 3. The van der Waals surface area contributed by atoms with Gasteiger partial charge in [0.25, 0.3) is 0 Å². The molecule has 0 saturated heterocycles. The number of aromatic amines is 1. The van der Waals surface area contributed by atoms with Crippen LogP contribution in [0.5, 0.6) is 0 Å². The van der Waals surface area contributed by atoms with Gasteiger partial charge in [0.05, 0.1) is 43.1 Å². The van der Waals surface area contributed by atoms with Crippen molar-refractivity contribution < 1.29 is 9.47 Å². The predicted octanol–water partition coefficient (Wildman–Crippen LogP) is 5.48. The first-order valence-corrected chi connectivity index (χ1v) is 10.0. The summed E-state index contributed by atoms with van der Waals surface area (Å²) in [5, 5.41) is 10.9. The van der Waals surface area contributed by atoms with Gasteiger partial charge in [-0.05, 0) is 48.1 Å². The molecule has 0 bridgehead atoms. The van der Waals surface area contributed by atoms with Gasteiger partial charge in [-0.2, -0.15) is 5.26 Å². The van der Waals surface area contributed by atoms with Gasteiger partial charge in [-0.25, -0.2) is 0 Å². The number of ether oxygens (including phenoxy) is 2. The highest BCUT2D eigenvalue weighted by molar-refractivity contribution is 5.93. The third-order valence-electron chi connectivity index (χ3n) is 5.61. The molecule has 3 aromatic rings. The van der Waals surface area contributed by atoms with E-state index in [1.807, 2.05) is 24.3 Å². The van der Waals surface area contributed by atoms with Crippen molar-refractivity contribution in [1.29, 1.82) is 5.26 Å². The average Bonchev–Trinajstić information content (AvgIpc) is 3.12. The molecule has 1 aliphatic rings. The van der Waals surface area contributed by atoms with Gasteiger partial charge < -0.3 is 14.5 Å². The Hall–Kier alpha value is -2.61. The molecule has 0 aliphatic carbocycles. The van der Waals surface area contributed by atoms with Crippen LogP contribution in [0.4, 0.5) is 0 Å². The Bertz CT molecular complexity index is 1010. The molecule has 2 aromatic carbocycles. The molecule has 1 atom stereocenters. The van der Waals surface area contributed by atoms with Crippen molar-refractivity contribution in [2.75, 3.05) is 6.61 Å². The van der Waals surface area contributed by atoms with Crippen LogP contribution in [0, 0.1) is 18.3 Å². The number of H-pyrrole nitrogens is 1. The monoisotopic (exact) mass is 374 g/mol. The second kappa shape index (κ2) is 8.18. The summed E-state index contributed by atoms with van der Waals surface area (Å²) < 4.78 is 11.9. The Morgan fingerprint density at radius 1 is 1.25 bits per heavy atom. The van der Waals surface area contributed by atoms with E-state index < -0.39 is 0 Å². The molecule has 144 valence electrons. The van der Waals surface area contributed by atoms with Crippen LogP contribution in [0.3, 0.4) is 0 Å². The fourth-order valence-corrected chi connectivity index (χ4v) is 4.15. The maximum absolute atomic E-state index is 9.81. The first kappa shape index (κ1) is 18.7. The average molecular weight is 374 g/mol. The minimum atomic E-state index is 0.102. The number of nitriles is 1. The molecule has 1 N–H and O–H groups in total. The lowest BCUT2D eigenvalue weighted by molar-refractivity contribution is 0.0339. The second-order valence-electron chi connectivity index (χ2n) is 7.46. The standard InChI is InChI=1S/C24H26N2O2/c1-3-7-21-24-20(10-11-28-21)22-18(13-25)12-19(16(2)23(22)26-24)15-27-14-17-8-5-4-6-9-17/h4-6,8-9,12,21,26H,3,7,10-11,14-15H2,1-2H3. The van der Waals surface area contributed by atoms with E-state index in [0.717, 1.165) is 64.7 Å². The van der Waals surface area contributed by atoms with E-state index in [4.69, 9.17) is 9.47 Å². The zero-order chi connectivity index (χ0) is 19.5. The summed E-state index contributed by atoms with van der Waals surface area (Å²) in [7, 11) is 0. The van der Waals surface area contributed by atoms with Gasteiger partial charge >= 0.3 is 0 Å². The Kier molecular flexibility index (Phi) is 5.47. The number of benzene rings is 2. The highest BCUT2D eigenvalue weighted by atomic mass is 16.5. The Morgan fingerprint density at radius 2 is 2.07 bits per heavy atom. The van der Waals surface area contributed by atoms with Crippen LogP contribution in [0.15, 0.2) is 36.4 Å². The Labute approximate surface area is 166 Å². The lowest BCUT2D eigenvalue weighted by atomic mass is 9.95. The molecule has 0 spiro atoms. The molecule has 28 heavy (non-hydrogen) atoms. The van der Waals surface area contributed by atoms with E-state index in [1.165, 1.54) is 5.56 Å². The van der Waals surface area contributed by atoms with Gasteiger partial charge in [-0.3, -0.25) is 0 Å². The van der Waals surface area contributed by atoms with Crippen LogP contribution in [0.2, 0.25) is 0 Å². The SMILES string of the molecule is CCCC1OCCc2c1[nH]c1c(C)c(COCc3ccccc3)cc(C#N)c21. The van der Waals surface area contributed by atoms with Crippen LogP contribution in [-0.4, -0.2) is 11.6 Å². The van der Waals surface area contributed by atoms with E-state index in [2.05, 4.69) is 37.0 Å². The normalized spacial score (nSPS) is 16.1. The van der Waals surface area contributed by atoms with Gasteiger partial charge in [-0.15, -0.1) is 0 Å². The zero-order valence-corrected chi connectivity index (χ0v) is 16.5. The number of fused-ring (bicyclic) bond motifs is 3. The minimum absolute atomic E-state index is 0.102. The zero-order valence-electron chi connectivity index (χ0n) is 16.5. The molecule has 1 aliphatic heterocycles. The lowest BCUT2D eigenvalue weighted by Crippen LogP contribution is -2.15. The topological polar surface area (TPSA) is 58.0 Å². The molecule has 0 saturated carbocycles. The number of aromatic nitrogens is 1. The summed E-state index contributed by atoms with van der Waals surface area (Å²) in [4.78, 5) is 3.61. The summed E-state index contributed by atoms with van der Waals surface area (Å²) in [6.45, 7) is 6.06. The van der Waals surface area contributed by atoms with Crippen molar-refractivity contribution in [3.8, 4) is 6.07 Å². The van der Waals surface area contributed by atoms with Gasteiger partial charge in [0.1, 0.15) is 0 Å². The van der Waals surface area contributed by atoms with Crippen molar-refractivity contribution in [3.63, 3.8) is 0 Å². The van der Waals surface area contributed by atoms with E-state index >= 15 is 0 Å². The van der Waals surface area contributed by atoms with Crippen LogP contribution >= 0.6 is 0 Å². The van der Waals surface area contributed by atoms with Crippen molar-refractivity contribution >= 4 is 10.9 Å². The molecule has 0 amide bonds. The molecule has 0 fully saturated rings. The van der Waals surface area contributed by atoms with E-state index in [-0.39, 0.29) is 6.10 Å². The van der Waals surface area contributed by atoms with Gasteiger partial charge in [0.15, 0.2) is 0 Å². The van der Waals surface area contributed by atoms with Crippen LogP contribution in [0.1, 0.15) is 59.4 Å². The number of nitrogens with zero attached hydrogens (tertiary/aromatic N) is 1. The summed E-state index contributed by atoms with van der Waals surface area (Å²) in [5.74, 6) is 0. The molecule has 4 heteroatoms. The Balaban J connectivity index is 1.68. The van der Waals surface area contributed by atoms with Crippen molar-refractivity contribution in [2.45, 2.75) is 52.4 Å². The van der Waals surface area contributed by atoms with Gasteiger partial charge in [-0.1, -0.05) is 43.7 Å². The minimum Gasteiger partial charge on any atom is -0.372 e. The third-order valence-corrected chi connectivity index (χ3v) is 5.61. The number of nitrogens with one attached hydrogen (secondary N) is 1. The van der Waals surface area contributed by atoms with Gasteiger partial charge in [0.2, 0.25) is 0 Å². The van der Waals surface area contributed by atoms with Crippen LogP contribution in [-0.2, 0) is 29.1 Å². The smallest absolute Gasteiger partial charge is 0.0998 e. The lowest BCUT2D eigenvalue weighted by Gasteiger charge is -2.23. The molecular formula is C24H26N2O2. The summed E-state index contributed by atoms with van der Waals surface area (Å²) >= 11 is 0. The first-order valence-electron chi connectivity index (χ1n) is 10.0. The summed E-state index contributed by atoms with van der Waals surface area (Å²) in [6, 6.07) is 14.6. The molecule has 2 heterocycles. The van der Waals surface area contributed by atoms with Crippen LogP contribution < -0.4 is 0 Å². The molecule has 1 aromatic heterocycles. The molecule has 4 rings (SSSR count). The van der Waals surface area contributed by atoms with Crippen molar-refractivity contribution in [1.82, 2.24) is 4.98 Å². The molecule has 4 nitrogen and oxygen atoms in total. The fraction of sp³-hybridized carbons (Fsp3) is 0.375. The maximum atomic E-state index is 9.81. The predicted molar refractivity (Wildman–Crippen MR) is 110 cm³/mol. The summed E-state index contributed by atoms with van der Waals surface area (Å²) in [6.07, 6.45) is 3.02. The van der Waals surface area contributed by atoms with Crippen molar-refractivity contribution in [2.24, 2.45) is 0 Å². The van der Waals surface area contributed by atoms with Crippen molar-refractivity contribution in [3.05, 3.63) is 69.9 Å². The quantitative estimate of drug-likeness (QED) is 0.622. The highest BCUT2D eigenvalue weighted by Crippen LogP contribution is 2.38. The Morgan fingerprint density at radius 3 is 2.82 bits per heavy atom. The third kappa shape index (κ3) is 3.44. The van der Waals surface area contributed by atoms with E-state index in [9.17, 15) is 5.26 Å². The van der Waals surface area contributed by atoms with Crippen LogP contribution in [0.25, 0.3) is 10.9 Å². The molecule has 0 radical (unpaired) electrons. The molecular weight excluding hydrogens is 348 g/mol. The maximum Gasteiger partial charge on any atom is 0.0998 e. The number of aryl methyl sites for hydroxylation is 1. The largest absolute Gasteiger partial charge is 0.372 e. The van der Waals surface area contributed by atoms with Gasteiger partial charge in [0, 0.05) is 11.1 Å². The second-order valence-corrected chi connectivity index (χ2v) is 7.46. The summed E-state index contributed by atoms with van der Waals surface area (Å²) in [5.41, 5.74) is 7.58. The highest BCUT2D eigenvalue weighted by Gasteiger charge is 2.27. The number of hydrogen-bond donors (Lipinski definition) is 1. The molecule has 1 unspecified atom stereocenters. The van der Waals surface area contributed by atoms with E-state index in [1.54, 1.807) is 0 Å². The number of rotatable bonds is 6. The first-order chi connectivity index (χ1) is 13.7.